The van der Waals surface area contributed by atoms with Gasteiger partial charge in [-0.25, -0.2) is 9.78 Å². The molecule has 1 aromatic heterocycles. The third-order valence-corrected chi connectivity index (χ3v) is 14.7. The van der Waals surface area contributed by atoms with Crippen LogP contribution in [-0.4, -0.2) is 52.0 Å². The van der Waals surface area contributed by atoms with Gasteiger partial charge in [0.2, 0.25) is 0 Å². The van der Waals surface area contributed by atoms with Crippen LogP contribution in [0.25, 0.3) is 0 Å². The van der Waals surface area contributed by atoms with Gasteiger partial charge in [0.05, 0.1) is 17.8 Å². The van der Waals surface area contributed by atoms with Gasteiger partial charge in [-0.15, -0.1) is 0 Å². The van der Waals surface area contributed by atoms with E-state index in [0.717, 1.165) is 32.1 Å². The van der Waals surface area contributed by atoms with Crippen LogP contribution in [0.15, 0.2) is 24.4 Å². The van der Waals surface area contributed by atoms with Crippen molar-refractivity contribution in [3.63, 3.8) is 0 Å². The highest BCUT2D eigenvalue weighted by atomic mass is 16.6. The molecular formula is C37H53NO6. The first-order valence-corrected chi connectivity index (χ1v) is 17.3. The average Bonchev–Trinajstić information content (AvgIpc) is 3.35. The number of fused-ring (bicyclic) bond motifs is 4. The van der Waals surface area contributed by atoms with Crippen LogP contribution in [0.4, 0.5) is 0 Å². The second kappa shape index (κ2) is 10.0. The Kier molecular flexibility index (Phi) is 6.97. The topological polar surface area (TPSA) is 95.0 Å². The van der Waals surface area contributed by atoms with Crippen molar-refractivity contribution in [1.29, 1.82) is 0 Å². The van der Waals surface area contributed by atoms with Crippen LogP contribution in [0.1, 0.15) is 117 Å². The number of hydrogen-bond donors (Lipinski definition) is 1. The molecule has 5 unspecified atom stereocenters. The van der Waals surface area contributed by atoms with E-state index >= 15 is 0 Å². The predicted octanol–water partition coefficient (Wildman–Crippen LogP) is 6.76. The molecule has 5 saturated carbocycles. The average molecular weight is 608 g/mol. The van der Waals surface area contributed by atoms with E-state index in [0.29, 0.717) is 46.1 Å². The van der Waals surface area contributed by atoms with E-state index in [1.54, 1.807) is 26.1 Å². The normalized spacial score (nSPS) is 45.8. The van der Waals surface area contributed by atoms with E-state index in [-0.39, 0.29) is 41.1 Å². The van der Waals surface area contributed by atoms with Gasteiger partial charge in [0.1, 0.15) is 11.8 Å². The Morgan fingerprint density at radius 1 is 1.00 bits per heavy atom. The molecule has 0 bridgehead atoms. The van der Waals surface area contributed by atoms with Crippen LogP contribution in [0.5, 0.6) is 0 Å². The van der Waals surface area contributed by atoms with E-state index in [4.69, 9.17) is 14.2 Å². The molecule has 6 fully saturated rings. The lowest BCUT2D eigenvalue weighted by Gasteiger charge is -2.59. The molecule has 7 rings (SSSR count). The summed E-state index contributed by atoms with van der Waals surface area (Å²) < 4.78 is 18.7. The molecule has 7 nitrogen and oxygen atoms in total. The highest BCUT2D eigenvalue weighted by Crippen LogP contribution is 2.89. The molecule has 1 N–H and O–H groups in total. The van der Waals surface area contributed by atoms with Gasteiger partial charge in [0.25, 0.3) is 0 Å². The van der Waals surface area contributed by atoms with Gasteiger partial charge in [-0.05, 0) is 130 Å². The summed E-state index contributed by atoms with van der Waals surface area (Å²) in [5.74, 6) is 2.40. The van der Waals surface area contributed by atoms with Crippen molar-refractivity contribution in [3.8, 4) is 0 Å². The maximum Gasteiger partial charge on any atom is 0.357 e. The molecule has 0 aromatic carbocycles. The van der Waals surface area contributed by atoms with E-state index in [1.807, 2.05) is 12.1 Å². The summed E-state index contributed by atoms with van der Waals surface area (Å²) in [6.07, 6.45) is 10.8. The van der Waals surface area contributed by atoms with Crippen molar-refractivity contribution in [2.24, 2.45) is 51.2 Å². The first-order valence-electron chi connectivity index (χ1n) is 17.3. The summed E-state index contributed by atoms with van der Waals surface area (Å²) in [5, 5.41) is 10.9. The highest BCUT2D eigenvalue weighted by molar-refractivity contribution is 5.87. The SMILES string of the molecule is CC(=O)O[C@@H](C1CCC2C(CC3[C@@H]4CCC5C(C)(C)[C@@H](OC(=O)c6ccccn6)CC[C@@]56[C@@H](C)[C@@]46CC[C@]23C)O1)C(C)(C)O. The molecule has 6 aliphatic rings. The molecule has 2 heterocycles. The smallest absolute Gasteiger partial charge is 0.357 e. The minimum Gasteiger partial charge on any atom is -0.457 e. The Morgan fingerprint density at radius 3 is 2.43 bits per heavy atom. The van der Waals surface area contributed by atoms with Crippen LogP contribution in [0.2, 0.25) is 0 Å². The van der Waals surface area contributed by atoms with E-state index in [1.165, 1.54) is 32.6 Å². The lowest BCUT2D eigenvalue weighted by Crippen LogP contribution is -2.55. The molecule has 0 amide bonds. The number of aromatic nitrogens is 1. The largest absolute Gasteiger partial charge is 0.457 e. The molecule has 1 saturated heterocycles. The number of aliphatic hydroxyl groups is 1. The number of nitrogens with zero attached hydrogens (tertiary/aromatic N) is 1. The molecule has 44 heavy (non-hydrogen) atoms. The Labute approximate surface area is 263 Å². The standard InChI is InChI=1S/C37H53NO6/c1-21-36-18-17-35(7)24-11-13-27(31(34(5,6)41)42-22(2)39)43-28(24)20-25(35)23(36)12-14-29-33(3,4)30(15-16-37(21,29)36)44-32(40)26-10-8-9-19-38-26/h8-10,19,21,23-25,27-31,41H,11-18,20H2,1-7H3/t21-,23-,24?,25?,27?,28?,29?,30-,31-,35+,36-,37+/m0/s1. The van der Waals surface area contributed by atoms with Gasteiger partial charge >= 0.3 is 11.9 Å². The summed E-state index contributed by atoms with van der Waals surface area (Å²) in [6, 6.07) is 5.41. The summed E-state index contributed by atoms with van der Waals surface area (Å²) in [7, 11) is 0. The molecule has 5 aliphatic carbocycles. The number of hydrogen-bond acceptors (Lipinski definition) is 7. The lowest BCUT2D eigenvalue weighted by atomic mass is 9.46. The number of esters is 2. The number of ether oxygens (including phenoxy) is 3. The number of carbonyl (C=O) groups is 2. The molecule has 1 aromatic rings. The minimum atomic E-state index is -1.16. The summed E-state index contributed by atoms with van der Waals surface area (Å²) in [4.78, 5) is 29.2. The number of carbonyl (C=O) groups excluding carboxylic acids is 2. The van der Waals surface area contributed by atoms with Crippen molar-refractivity contribution in [2.45, 2.75) is 136 Å². The Hall–Kier alpha value is -1.99. The third-order valence-electron chi connectivity index (χ3n) is 14.7. The molecule has 12 atom stereocenters. The predicted molar refractivity (Wildman–Crippen MR) is 165 cm³/mol. The van der Waals surface area contributed by atoms with Gasteiger partial charge in [-0.1, -0.05) is 33.8 Å². The zero-order valence-electron chi connectivity index (χ0n) is 27.8. The Balaban J connectivity index is 1.11. The fourth-order valence-electron chi connectivity index (χ4n) is 13.0. The fraction of sp³-hybridized carbons (Fsp3) is 0.811. The van der Waals surface area contributed by atoms with Crippen molar-refractivity contribution in [2.75, 3.05) is 0 Å². The summed E-state index contributed by atoms with van der Waals surface area (Å²) >= 11 is 0. The third kappa shape index (κ3) is 4.09. The molecular weight excluding hydrogens is 554 g/mol. The van der Waals surface area contributed by atoms with Gasteiger partial charge < -0.3 is 19.3 Å². The second-order valence-corrected chi connectivity index (χ2v) is 16.9. The van der Waals surface area contributed by atoms with Crippen molar-refractivity contribution < 1.29 is 28.9 Å². The first kappa shape index (κ1) is 30.7. The van der Waals surface area contributed by atoms with Crippen molar-refractivity contribution >= 4 is 11.9 Å². The second-order valence-electron chi connectivity index (χ2n) is 16.9. The Morgan fingerprint density at radius 2 is 1.75 bits per heavy atom. The lowest BCUT2D eigenvalue weighted by molar-refractivity contribution is -0.200. The van der Waals surface area contributed by atoms with Crippen LogP contribution in [0, 0.1) is 51.2 Å². The van der Waals surface area contributed by atoms with E-state index in [2.05, 4.69) is 32.7 Å². The fourth-order valence-corrected chi connectivity index (χ4v) is 13.0. The van der Waals surface area contributed by atoms with Crippen LogP contribution < -0.4 is 0 Å². The highest BCUT2D eigenvalue weighted by Gasteiger charge is 2.85. The van der Waals surface area contributed by atoms with Crippen LogP contribution in [0.3, 0.4) is 0 Å². The quantitative estimate of drug-likeness (QED) is 0.370. The number of rotatable bonds is 5. The maximum absolute atomic E-state index is 13.1. The van der Waals surface area contributed by atoms with Crippen LogP contribution >= 0.6 is 0 Å². The van der Waals surface area contributed by atoms with Gasteiger partial charge in [-0.3, -0.25) is 4.79 Å². The zero-order valence-corrected chi connectivity index (χ0v) is 27.8. The molecule has 242 valence electrons. The summed E-state index contributed by atoms with van der Waals surface area (Å²) in [6.45, 7) is 14.7. The molecule has 0 radical (unpaired) electrons. The molecule has 7 heteroatoms. The summed E-state index contributed by atoms with van der Waals surface area (Å²) in [5.41, 5.74) is 0.103. The maximum atomic E-state index is 13.1. The molecule has 1 aliphatic heterocycles. The van der Waals surface area contributed by atoms with Crippen LogP contribution in [-0.2, 0) is 19.0 Å². The first-order chi connectivity index (χ1) is 20.7. The van der Waals surface area contributed by atoms with E-state index < -0.39 is 11.7 Å². The van der Waals surface area contributed by atoms with Crippen molar-refractivity contribution in [3.05, 3.63) is 30.1 Å². The minimum absolute atomic E-state index is 0.0883. The van der Waals surface area contributed by atoms with Gasteiger partial charge in [0.15, 0.2) is 6.10 Å². The number of pyridine rings is 1. The monoisotopic (exact) mass is 607 g/mol. The molecule has 2 spiro atoms. The zero-order chi connectivity index (χ0) is 31.4. The Bertz CT molecular complexity index is 1310. The van der Waals surface area contributed by atoms with Gasteiger partial charge in [0, 0.05) is 18.5 Å². The van der Waals surface area contributed by atoms with E-state index in [9.17, 15) is 14.7 Å². The van der Waals surface area contributed by atoms with Gasteiger partial charge in [-0.2, -0.15) is 0 Å². The van der Waals surface area contributed by atoms with Crippen molar-refractivity contribution in [1.82, 2.24) is 4.98 Å².